The molecular weight excluding hydrogens is 318 g/mol. The number of primary amides is 1. The van der Waals surface area contributed by atoms with Crippen LogP contribution in [0.25, 0.3) is 0 Å². The average Bonchev–Trinajstić information content (AvgIpc) is 2.60. The number of nitrogens with two attached hydrogens (primary N) is 2. The van der Waals surface area contributed by atoms with Crippen molar-refractivity contribution in [2.75, 3.05) is 6.54 Å². The fourth-order valence-corrected chi connectivity index (χ4v) is 2.34. The van der Waals surface area contributed by atoms with E-state index < -0.39 is 11.9 Å². The van der Waals surface area contributed by atoms with E-state index in [9.17, 15) is 9.59 Å². The van der Waals surface area contributed by atoms with Crippen LogP contribution in [0.1, 0.15) is 18.1 Å². The van der Waals surface area contributed by atoms with Gasteiger partial charge in [0.25, 0.3) is 0 Å². The van der Waals surface area contributed by atoms with Crippen LogP contribution in [0.15, 0.2) is 54.6 Å². The number of ether oxygens (including phenoxy) is 1. The van der Waals surface area contributed by atoms with E-state index in [4.69, 9.17) is 16.2 Å². The van der Waals surface area contributed by atoms with Gasteiger partial charge < -0.3 is 21.1 Å². The minimum atomic E-state index is -0.687. The van der Waals surface area contributed by atoms with E-state index >= 15 is 0 Å². The summed E-state index contributed by atoms with van der Waals surface area (Å²) in [7, 11) is 0. The molecule has 0 aromatic heterocycles. The minimum Gasteiger partial charge on any atom is -0.489 e. The van der Waals surface area contributed by atoms with Crippen LogP contribution in [0.3, 0.4) is 0 Å². The number of carbonyl (C=O) groups is 2. The summed E-state index contributed by atoms with van der Waals surface area (Å²) in [6.07, 6.45) is 0. The van der Waals surface area contributed by atoms with Crippen molar-refractivity contribution >= 4 is 11.8 Å². The van der Waals surface area contributed by atoms with Crippen LogP contribution in [0.5, 0.6) is 5.75 Å². The third kappa shape index (κ3) is 5.93. The molecule has 0 aliphatic carbocycles. The van der Waals surface area contributed by atoms with Crippen molar-refractivity contribution < 1.29 is 14.3 Å². The van der Waals surface area contributed by atoms with Crippen LogP contribution in [-0.2, 0) is 22.7 Å². The van der Waals surface area contributed by atoms with Crippen molar-refractivity contribution in [2.24, 2.45) is 11.5 Å². The molecule has 0 unspecified atom stereocenters. The quantitative estimate of drug-likeness (QED) is 0.759. The molecule has 0 fully saturated rings. The summed E-state index contributed by atoms with van der Waals surface area (Å²) in [6, 6.07) is 16.5. The van der Waals surface area contributed by atoms with Crippen LogP contribution in [0.2, 0.25) is 0 Å². The van der Waals surface area contributed by atoms with E-state index in [0.717, 1.165) is 16.9 Å². The van der Waals surface area contributed by atoms with E-state index in [1.54, 1.807) is 6.92 Å². The Morgan fingerprint density at radius 1 is 1.04 bits per heavy atom. The summed E-state index contributed by atoms with van der Waals surface area (Å²) in [5.41, 5.74) is 12.8. The maximum Gasteiger partial charge on any atom is 0.239 e. The van der Waals surface area contributed by atoms with E-state index in [0.29, 0.717) is 6.61 Å². The van der Waals surface area contributed by atoms with Crippen LogP contribution < -0.4 is 16.2 Å². The zero-order valence-corrected chi connectivity index (χ0v) is 14.2. The molecule has 0 aliphatic heterocycles. The van der Waals surface area contributed by atoms with Crippen molar-refractivity contribution in [3.8, 4) is 5.75 Å². The van der Waals surface area contributed by atoms with Gasteiger partial charge in [0.1, 0.15) is 12.4 Å². The van der Waals surface area contributed by atoms with Crippen molar-refractivity contribution in [3.63, 3.8) is 0 Å². The van der Waals surface area contributed by atoms with Gasteiger partial charge in [-0.2, -0.15) is 0 Å². The monoisotopic (exact) mass is 341 g/mol. The topological polar surface area (TPSA) is 98.7 Å². The lowest BCUT2D eigenvalue weighted by Crippen LogP contribution is -2.45. The second-order valence-corrected chi connectivity index (χ2v) is 5.87. The molecule has 2 aromatic carbocycles. The lowest BCUT2D eigenvalue weighted by Gasteiger charge is -2.23. The highest BCUT2D eigenvalue weighted by Gasteiger charge is 2.19. The predicted molar refractivity (Wildman–Crippen MR) is 95.5 cm³/mol. The highest BCUT2D eigenvalue weighted by atomic mass is 16.5. The smallest absolute Gasteiger partial charge is 0.239 e. The van der Waals surface area contributed by atoms with Crippen LogP contribution in [0, 0.1) is 0 Å². The molecule has 6 heteroatoms. The second kappa shape index (κ2) is 8.84. The van der Waals surface area contributed by atoms with Crippen molar-refractivity contribution in [1.82, 2.24) is 4.90 Å². The molecule has 0 heterocycles. The lowest BCUT2D eigenvalue weighted by atomic mass is 10.2. The second-order valence-electron chi connectivity index (χ2n) is 5.87. The van der Waals surface area contributed by atoms with E-state index in [1.807, 2.05) is 54.6 Å². The van der Waals surface area contributed by atoms with Crippen LogP contribution in [0.4, 0.5) is 0 Å². The Kier molecular flexibility index (Phi) is 6.54. The third-order valence-electron chi connectivity index (χ3n) is 3.59. The first-order chi connectivity index (χ1) is 12.0. The summed E-state index contributed by atoms with van der Waals surface area (Å²) in [5.74, 6) is -0.160. The normalized spacial score (nSPS) is 11.6. The minimum absolute atomic E-state index is 0.160. The highest BCUT2D eigenvalue weighted by Crippen LogP contribution is 2.15. The molecule has 2 rings (SSSR count). The summed E-state index contributed by atoms with van der Waals surface area (Å²) in [5, 5.41) is 0. The summed E-state index contributed by atoms with van der Waals surface area (Å²) >= 11 is 0. The zero-order valence-electron chi connectivity index (χ0n) is 14.2. The molecule has 6 nitrogen and oxygen atoms in total. The van der Waals surface area contributed by atoms with Gasteiger partial charge in [0.05, 0.1) is 12.6 Å². The van der Waals surface area contributed by atoms with Gasteiger partial charge in [-0.3, -0.25) is 9.59 Å². The van der Waals surface area contributed by atoms with Crippen molar-refractivity contribution in [2.45, 2.75) is 26.1 Å². The fourth-order valence-electron chi connectivity index (χ4n) is 2.34. The highest BCUT2D eigenvalue weighted by molar-refractivity contribution is 5.86. The number of carbonyl (C=O) groups excluding carboxylic acids is 2. The first-order valence-electron chi connectivity index (χ1n) is 8.04. The standard InChI is InChI=1S/C19H23N3O3/c1-14(20)19(24)22(12-18(21)23)11-15-7-9-17(10-8-15)25-13-16-5-3-2-4-6-16/h2-10,14H,11-13,20H2,1H3,(H2,21,23)/t14-/m1/s1. The molecule has 0 saturated heterocycles. The summed E-state index contributed by atoms with van der Waals surface area (Å²) in [6.45, 7) is 2.17. The Morgan fingerprint density at radius 3 is 2.24 bits per heavy atom. The van der Waals surface area contributed by atoms with E-state index in [-0.39, 0.29) is 19.0 Å². The average molecular weight is 341 g/mol. The zero-order chi connectivity index (χ0) is 18.2. The Labute approximate surface area is 147 Å². The number of rotatable bonds is 8. The fraction of sp³-hybridized carbons (Fsp3) is 0.263. The predicted octanol–water partition coefficient (Wildman–Crippen LogP) is 1.43. The van der Waals surface area contributed by atoms with Crippen LogP contribution in [-0.4, -0.2) is 29.3 Å². The number of nitrogens with zero attached hydrogens (tertiary/aromatic N) is 1. The molecule has 0 saturated carbocycles. The van der Waals surface area contributed by atoms with Gasteiger partial charge >= 0.3 is 0 Å². The van der Waals surface area contributed by atoms with Gasteiger partial charge in [0, 0.05) is 6.54 Å². The summed E-state index contributed by atoms with van der Waals surface area (Å²) in [4.78, 5) is 24.6. The summed E-state index contributed by atoms with van der Waals surface area (Å²) < 4.78 is 5.73. The molecule has 0 spiro atoms. The molecule has 0 radical (unpaired) electrons. The van der Waals surface area contributed by atoms with Crippen LogP contribution >= 0.6 is 0 Å². The van der Waals surface area contributed by atoms with E-state index in [2.05, 4.69) is 0 Å². The van der Waals surface area contributed by atoms with Gasteiger partial charge in [-0.25, -0.2) is 0 Å². The maximum atomic E-state index is 12.1. The maximum absolute atomic E-state index is 12.1. The Bertz CT molecular complexity index is 700. The molecule has 132 valence electrons. The molecular formula is C19H23N3O3. The Hall–Kier alpha value is -2.86. The number of hydrogen-bond donors (Lipinski definition) is 2. The SMILES string of the molecule is C[C@@H](N)C(=O)N(CC(N)=O)Cc1ccc(OCc2ccccc2)cc1. The largest absolute Gasteiger partial charge is 0.489 e. The van der Waals surface area contributed by atoms with E-state index in [1.165, 1.54) is 4.90 Å². The lowest BCUT2D eigenvalue weighted by molar-refractivity contribution is -0.136. The molecule has 0 bridgehead atoms. The van der Waals surface area contributed by atoms with Gasteiger partial charge in [-0.15, -0.1) is 0 Å². The first kappa shape index (κ1) is 18.5. The van der Waals surface area contributed by atoms with Crippen molar-refractivity contribution in [3.05, 3.63) is 65.7 Å². The number of amides is 2. The molecule has 0 aliphatic rings. The Balaban J connectivity index is 1.97. The molecule has 4 N–H and O–H groups in total. The van der Waals surface area contributed by atoms with Gasteiger partial charge in [0.15, 0.2) is 0 Å². The third-order valence-corrected chi connectivity index (χ3v) is 3.59. The number of benzene rings is 2. The molecule has 2 aromatic rings. The van der Waals surface area contributed by atoms with Gasteiger partial charge in [-0.1, -0.05) is 42.5 Å². The molecule has 2 amide bonds. The van der Waals surface area contributed by atoms with Gasteiger partial charge in [-0.05, 0) is 30.2 Å². The Morgan fingerprint density at radius 2 is 1.68 bits per heavy atom. The van der Waals surface area contributed by atoms with Gasteiger partial charge in [0.2, 0.25) is 11.8 Å². The number of hydrogen-bond acceptors (Lipinski definition) is 4. The molecule has 25 heavy (non-hydrogen) atoms. The first-order valence-corrected chi connectivity index (χ1v) is 8.04. The van der Waals surface area contributed by atoms with Crippen molar-refractivity contribution in [1.29, 1.82) is 0 Å². The molecule has 1 atom stereocenters.